The second kappa shape index (κ2) is 15.9. The summed E-state index contributed by atoms with van der Waals surface area (Å²) in [7, 11) is 0. The minimum atomic E-state index is -0.419. The summed E-state index contributed by atoms with van der Waals surface area (Å²) in [4.78, 5) is 26.8. The lowest BCUT2D eigenvalue weighted by atomic mass is 9.86. The number of ether oxygens (including phenoxy) is 2. The fourth-order valence-corrected chi connectivity index (χ4v) is 6.53. The molecule has 0 spiro atoms. The lowest BCUT2D eigenvalue weighted by Gasteiger charge is -2.25. The summed E-state index contributed by atoms with van der Waals surface area (Å²) in [5.74, 6) is 0.178. The predicted octanol–water partition coefficient (Wildman–Crippen LogP) is 8.97. The molecule has 38 heavy (non-hydrogen) atoms. The highest BCUT2D eigenvalue weighted by Gasteiger charge is 2.35. The Kier molecular flexibility index (Phi) is 13.3. The number of thioether (sulfide) groups is 2. The number of nitrogens with zero attached hydrogens (tertiary/aromatic N) is 2. The molecule has 8 heteroatoms. The molecular formula is C30H40N2O4S2. The Hall–Kier alpha value is -2.42. The van der Waals surface area contributed by atoms with E-state index in [1.54, 1.807) is 6.07 Å². The Morgan fingerprint density at radius 1 is 0.789 bits per heavy atom. The number of nitriles is 2. The topological polar surface area (TPSA) is 100 Å². The summed E-state index contributed by atoms with van der Waals surface area (Å²) >= 11 is 2.44. The van der Waals surface area contributed by atoms with Crippen molar-refractivity contribution in [3.8, 4) is 23.6 Å². The van der Waals surface area contributed by atoms with Crippen LogP contribution in [0.2, 0.25) is 0 Å². The van der Waals surface area contributed by atoms with Gasteiger partial charge in [0, 0.05) is 18.4 Å². The molecule has 6 nitrogen and oxygen atoms in total. The van der Waals surface area contributed by atoms with Gasteiger partial charge in [-0.2, -0.15) is 10.5 Å². The summed E-state index contributed by atoms with van der Waals surface area (Å²) in [6.07, 6.45) is 10.9. The molecule has 0 atom stereocenters. The first-order valence-electron chi connectivity index (χ1n) is 13.7. The van der Waals surface area contributed by atoms with Crippen molar-refractivity contribution in [3.63, 3.8) is 0 Å². The van der Waals surface area contributed by atoms with E-state index in [0.717, 1.165) is 69.8 Å². The van der Waals surface area contributed by atoms with Crippen LogP contribution in [0.5, 0.6) is 11.5 Å². The van der Waals surface area contributed by atoms with Crippen molar-refractivity contribution in [3.05, 3.63) is 21.4 Å². The molecule has 0 aliphatic carbocycles. The fraction of sp³-hybridized carbons (Fsp3) is 0.600. The van der Waals surface area contributed by atoms with Gasteiger partial charge in [0.25, 0.3) is 0 Å². The predicted molar refractivity (Wildman–Crippen MR) is 153 cm³/mol. The maximum Gasteiger partial charge on any atom is 0.311 e. The van der Waals surface area contributed by atoms with Crippen LogP contribution in [0.15, 0.2) is 25.7 Å². The second-order valence-corrected chi connectivity index (χ2v) is 12.8. The van der Waals surface area contributed by atoms with Crippen LogP contribution >= 0.6 is 23.5 Å². The standard InChI is InChI=1S/C30H40N2O4S2/c1-6-8-10-12-14-16-24(33)35-23-18-22(30(3,4)5)26(36-25(34)17-15-13-11-9-7-2)28-27(23)37-29(38-28)21(19-31)20-32/h18H,6-17H2,1-5H3. The van der Waals surface area contributed by atoms with Crippen LogP contribution < -0.4 is 9.47 Å². The number of allylic oxidation sites excluding steroid dienone is 1. The van der Waals surface area contributed by atoms with E-state index in [9.17, 15) is 20.1 Å². The number of hydrogen-bond donors (Lipinski definition) is 0. The van der Waals surface area contributed by atoms with E-state index >= 15 is 0 Å². The Labute approximate surface area is 236 Å². The average Bonchev–Trinajstić information content (AvgIpc) is 3.31. The highest BCUT2D eigenvalue weighted by Crippen LogP contribution is 2.61. The first-order chi connectivity index (χ1) is 18.2. The number of carbonyl (C=O) groups is 2. The van der Waals surface area contributed by atoms with E-state index in [1.165, 1.54) is 23.5 Å². The van der Waals surface area contributed by atoms with Gasteiger partial charge in [0.1, 0.15) is 29.2 Å². The first-order valence-corrected chi connectivity index (χ1v) is 15.3. The number of carbonyl (C=O) groups excluding carboxylic acids is 2. The van der Waals surface area contributed by atoms with Gasteiger partial charge >= 0.3 is 11.9 Å². The van der Waals surface area contributed by atoms with E-state index in [0.29, 0.717) is 38.4 Å². The normalized spacial score (nSPS) is 12.4. The lowest BCUT2D eigenvalue weighted by Crippen LogP contribution is -2.18. The molecule has 206 valence electrons. The van der Waals surface area contributed by atoms with Gasteiger partial charge in [-0.05, 0) is 24.3 Å². The number of rotatable bonds is 14. The SMILES string of the molecule is CCCCCCCC(=O)Oc1cc(C(C)(C)C)c(OC(=O)CCCCCCC)c2c1SC(=C(C#N)C#N)S2. The summed E-state index contributed by atoms with van der Waals surface area (Å²) in [6.45, 7) is 10.3. The van der Waals surface area contributed by atoms with Crippen LogP contribution in [0.25, 0.3) is 0 Å². The van der Waals surface area contributed by atoms with Crippen LogP contribution in [0.3, 0.4) is 0 Å². The summed E-state index contributed by atoms with van der Waals surface area (Å²) in [5.41, 5.74) is 0.305. The lowest BCUT2D eigenvalue weighted by molar-refractivity contribution is -0.136. The molecule has 1 aromatic rings. The fourth-order valence-electron chi connectivity index (χ4n) is 4.03. The molecule has 1 heterocycles. The minimum Gasteiger partial charge on any atom is -0.425 e. The van der Waals surface area contributed by atoms with Crippen LogP contribution in [0.1, 0.15) is 117 Å². The number of fused-ring (bicyclic) bond motifs is 1. The molecule has 1 aromatic carbocycles. The van der Waals surface area contributed by atoms with Crippen molar-refractivity contribution in [2.45, 2.75) is 127 Å². The van der Waals surface area contributed by atoms with E-state index < -0.39 is 5.41 Å². The maximum absolute atomic E-state index is 12.9. The molecule has 2 rings (SSSR count). The molecule has 0 radical (unpaired) electrons. The minimum absolute atomic E-state index is 0.0186. The number of benzene rings is 1. The zero-order valence-corrected chi connectivity index (χ0v) is 25.0. The summed E-state index contributed by atoms with van der Waals surface area (Å²) < 4.78 is 12.3. The zero-order valence-electron chi connectivity index (χ0n) is 23.4. The van der Waals surface area contributed by atoms with Gasteiger partial charge in [-0.1, -0.05) is 110 Å². The van der Waals surface area contributed by atoms with Crippen LogP contribution in [0.4, 0.5) is 0 Å². The molecule has 0 saturated heterocycles. The van der Waals surface area contributed by atoms with Crippen molar-refractivity contribution in [1.82, 2.24) is 0 Å². The number of esters is 2. The van der Waals surface area contributed by atoms with Gasteiger partial charge in [-0.25, -0.2) is 0 Å². The van der Waals surface area contributed by atoms with E-state index in [2.05, 4.69) is 13.8 Å². The van der Waals surface area contributed by atoms with Gasteiger partial charge < -0.3 is 9.47 Å². The summed E-state index contributed by atoms with van der Waals surface area (Å²) in [6, 6.07) is 5.67. The Morgan fingerprint density at radius 3 is 1.79 bits per heavy atom. The van der Waals surface area contributed by atoms with E-state index in [-0.39, 0.29) is 17.5 Å². The van der Waals surface area contributed by atoms with Crippen LogP contribution in [-0.2, 0) is 15.0 Å². The average molecular weight is 557 g/mol. The molecule has 0 bridgehead atoms. The van der Waals surface area contributed by atoms with Gasteiger partial charge in [-0.15, -0.1) is 0 Å². The van der Waals surface area contributed by atoms with Crippen molar-refractivity contribution in [1.29, 1.82) is 10.5 Å². The monoisotopic (exact) mass is 556 g/mol. The maximum atomic E-state index is 12.9. The van der Waals surface area contributed by atoms with E-state index in [4.69, 9.17) is 9.47 Å². The third-order valence-electron chi connectivity index (χ3n) is 6.19. The van der Waals surface area contributed by atoms with E-state index in [1.807, 2.05) is 32.9 Å². The van der Waals surface area contributed by atoms with Gasteiger partial charge in [-0.3, -0.25) is 9.59 Å². The molecule has 1 aliphatic heterocycles. The van der Waals surface area contributed by atoms with Gasteiger partial charge in [0.05, 0.1) is 14.0 Å². The molecule has 0 saturated carbocycles. The van der Waals surface area contributed by atoms with Gasteiger partial charge in [0.15, 0.2) is 0 Å². The number of hydrogen-bond acceptors (Lipinski definition) is 8. The molecule has 0 unspecified atom stereocenters. The van der Waals surface area contributed by atoms with Crippen molar-refractivity contribution in [2.24, 2.45) is 0 Å². The third kappa shape index (κ3) is 9.40. The first kappa shape index (κ1) is 31.8. The molecule has 1 aliphatic rings. The van der Waals surface area contributed by atoms with Crippen LogP contribution in [0, 0.1) is 22.7 Å². The Bertz CT molecular complexity index is 1090. The van der Waals surface area contributed by atoms with Crippen molar-refractivity contribution >= 4 is 35.5 Å². The van der Waals surface area contributed by atoms with Crippen LogP contribution in [-0.4, -0.2) is 11.9 Å². The molecule has 0 N–H and O–H groups in total. The highest BCUT2D eigenvalue weighted by molar-refractivity contribution is 8.24. The molecule has 0 fully saturated rings. The second-order valence-electron chi connectivity index (χ2n) is 10.5. The summed E-state index contributed by atoms with van der Waals surface area (Å²) in [5, 5.41) is 18.9. The zero-order chi connectivity index (χ0) is 28.1. The Balaban J connectivity index is 2.40. The van der Waals surface area contributed by atoms with Crippen molar-refractivity contribution < 1.29 is 19.1 Å². The molecule has 0 aromatic heterocycles. The smallest absolute Gasteiger partial charge is 0.311 e. The quantitative estimate of drug-likeness (QED) is 0.0968. The Morgan fingerprint density at radius 2 is 1.29 bits per heavy atom. The largest absolute Gasteiger partial charge is 0.425 e. The third-order valence-corrected chi connectivity index (χ3v) is 8.80. The molecule has 0 amide bonds. The molecular weight excluding hydrogens is 516 g/mol. The highest BCUT2D eigenvalue weighted by atomic mass is 32.2. The van der Waals surface area contributed by atoms with Gasteiger partial charge in [0.2, 0.25) is 0 Å². The number of unbranched alkanes of at least 4 members (excludes halogenated alkanes) is 8. The van der Waals surface area contributed by atoms with Crippen molar-refractivity contribution in [2.75, 3.05) is 0 Å².